The van der Waals surface area contributed by atoms with Gasteiger partial charge in [-0.25, -0.2) is 0 Å². The molecule has 90 valence electrons. The summed E-state index contributed by atoms with van der Waals surface area (Å²) >= 11 is 0. The largest absolute Gasteiger partial charge is 0.437 e. The van der Waals surface area contributed by atoms with Crippen molar-refractivity contribution in [3.8, 4) is 0 Å². The maximum atomic E-state index is 12.7. The first kappa shape index (κ1) is 11.3. The lowest BCUT2D eigenvalue weighted by Crippen LogP contribution is -2.44. The number of hydrogen-bond donors (Lipinski definition) is 1. The van der Waals surface area contributed by atoms with Gasteiger partial charge in [0.05, 0.1) is 5.69 Å². The van der Waals surface area contributed by atoms with Gasteiger partial charge < -0.3 is 10.2 Å². The topological polar surface area (TPSA) is 33.1 Å². The molecule has 1 fully saturated rings. The molecule has 0 unspecified atom stereocenters. The van der Waals surface area contributed by atoms with E-state index in [0.29, 0.717) is 26.2 Å². The lowest BCUT2D eigenvalue weighted by atomic mass is 10.3. The van der Waals surface area contributed by atoms with Crippen LogP contribution in [0, 0.1) is 0 Å². The highest BCUT2D eigenvalue weighted by atomic mass is 19.4. The Labute approximate surface area is 91.0 Å². The molecule has 0 radical (unpaired) electrons. The van der Waals surface area contributed by atoms with Crippen molar-refractivity contribution in [3.05, 3.63) is 11.9 Å². The van der Waals surface area contributed by atoms with Crippen molar-refractivity contribution in [2.45, 2.75) is 6.18 Å². The van der Waals surface area contributed by atoms with Gasteiger partial charge in [0.25, 0.3) is 0 Å². The number of aromatic nitrogens is 2. The fraction of sp³-hybridized carbons (Fsp3) is 0.667. The van der Waals surface area contributed by atoms with Gasteiger partial charge >= 0.3 is 6.18 Å². The van der Waals surface area contributed by atoms with E-state index in [-0.39, 0.29) is 5.69 Å². The predicted octanol–water partition coefficient (Wildman–Crippen LogP) is 0.848. The molecule has 1 N–H and O–H groups in total. The fourth-order valence-corrected chi connectivity index (χ4v) is 1.82. The number of alkyl halides is 3. The lowest BCUT2D eigenvalue weighted by Gasteiger charge is -2.29. The van der Waals surface area contributed by atoms with E-state index >= 15 is 0 Å². The van der Waals surface area contributed by atoms with E-state index in [1.54, 1.807) is 4.90 Å². The van der Waals surface area contributed by atoms with Crippen molar-refractivity contribution in [1.82, 2.24) is 15.1 Å². The van der Waals surface area contributed by atoms with Crippen LogP contribution < -0.4 is 10.2 Å². The molecule has 7 heteroatoms. The molecule has 0 bridgehead atoms. The van der Waals surface area contributed by atoms with E-state index in [0.717, 1.165) is 0 Å². The Hall–Kier alpha value is -1.24. The number of aryl methyl sites for hydroxylation is 1. The summed E-state index contributed by atoms with van der Waals surface area (Å²) in [6, 6.07) is 0. The van der Waals surface area contributed by atoms with Crippen LogP contribution in [0.25, 0.3) is 0 Å². The highest BCUT2D eigenvalue weighted by molar-refractivity contribution is 5.51. The van der Waals surface area contributed by atoms with Gasteiger partial charge in [-0.2, -0.15) is 18.3 Å². The second-order valence-corrected chi connectivity index (χ2v) is 3.77. The van der Waals surface area contributed by atoms with Crippen LogP contribution in [0.3, 0.4) is 0 Å². The predicted molar refractivity (Wildman–Crippen MR) is 53.3 cm³/mol. The van der Waals surface area contributed by atoms with Crippen LogP contribution in [0.2, 0.25) is 0 Å². The standard InChI is InChI=1S/C9H13F3N4/c1-15-6-7(8(14-15)9(10,11)12)16-4-2-13-3-5-16/h6,13H,2-5H2,1H3. The quantitative estimate of drug-likeness (QED) is 0.782. The molecule has 0 atom stereocenters. The SMILES string of the molecule is Cn1cc(N2CCNCC2)c(C(F)(F)F)n1. The minimum Gasteiger partial charge on any atom is -0.366 e. The molecule has 1 aliphatic rings. The number of halogens is 3. The third kappa shape index (κ3) is 2.13. The van der Waals surface area contributed by atoms with E-state index in [4.69, 9.17) is 0 Å². The minimum absolute atomic E-state index is 0.177. The monoisotopic (exact) mass is 234 g/mol. The van der Waals surface area contributed by atoms with Crippen LogP contribution in [-0.2, 0) is 13.2 Å². The van der Waals surface area contributed by atoms with Crippen molar-refractivity contribution in [1.29, 1.82) is 0 Å². The fourth-order valence-electron chi connectivity index (χ4n) is 1.82. The third-order valence-corrected chi connectivity index (χ3v) is 2.54. The number of rotatable bonds is 1. The van der Waals surface area contributed by atoms with Crippen molar-refractivity contribution < 1.29 is 13.2 Å². The summed E-state index contributed by atoms with van der Waals surface area (Å²) in [6.45, 7) is 2.56. The summed E-state index contributed by atoms with van der Waals surface area (Å²) in [4.78, 5) is 1.71. The summed E-state index contributed by atoms with van der Waals surface area (Å²) in [7, 11) is 1.50. The van der Waals surface area contributed by atoms with Gasteiger partial charge in [-0.05, 0) is 0 Å². The number of nitrogens with one attached hydrogen (secondary N) is 1. The summed E-state index contributed by atoms with van der Waals surface area (Å²) in [5, 5.41) is 6.59. The van der Waals surface area contributed by atoms with Crippen LogP contribution in [-0.4, -0.2) is 36.0 Å². The van der Waals surface area contributed by atoms with Gasteiger partial charge in [0.1, 0.15) is 0 Å². The van der Waals surface area contributed by atoms with Crippen molar-refractivity contribution in [2.75, 3.05) is 31.1 Å². The number of piperazine rings is 1. The molecular weight excluding hydrogens is 221 g/mol. The number of anilines is 1. The Morgan fingerprint density at radius 2 is 1.94 bits per heavy atom. The van der Waals surface area contributed by atoms with Crippen LogP contribution in [0.1, 0.15) is 5.69 Å². The first-order valence-electron chi connectivity index (χ1n) is 5.05. The van der Waals surface area contributed by atoms with Crippen molar-refractivity contribution >= 4 is 5.69 Å². The molecule has 0 saturated carbocycles. The second kappa shape index (κ2) is 3.97. The van der Waals surface area contributed by atoms with Gasteiger partial charge in [0, 0.05) is 39.4 Å². The lowest BCUT2D eigenvalue weighted by molar-refractivity contribution is -0.141. The summed E-state index contributed by atoms with van der Waals surface area (Å²) in [5.41, 5.74) is -0.617. The Morgan fingerprint density at radius 1 is 1.31 bits per heavy atom. The normalized spacial score (nSPS) is 17.9. The molecule has 1 aromatic rings. The molecule has 2 rings (SSSR count). The molecule has 16 heavy (non-hydrogen) atoms. The molecule has 0 aliphatic carbocycles. The van der Waals surface area contributed by atoms with Gasteiger partial charge in [0.15, 0.2) is 5.69 Å². The Balaban J connectivity index is 2.31. The highest BCUT2D eigenvalue weighted by Gasteiger charge is 2.38. The first-order chi connectivity index (χ1) is 7.48. The minimum atomic E-state index is -4.39. The molecule has 1 aromatic heterocycles. The Kier molecular flexibility index (Phi) is 2.79. The van der Waals surface area contributed by atoms with E-state index in [1.807, 2.05) is 0 Å². The zero-order valence-electron chi connectivity index (χ0n) is 8.88. The molecule has 0 amide bonds. The van der Waals surface area contributed by atoms with Crippen molar-refractivity contribution in [2.24, 2.45) is 7.05 Å². The van der Waals surface area contributed by atoms with Crippen LogP contribution in [0.4, 0.5) is 18.9 Å². The molecule has 2 heterocycles. The van der Waals surface area contributed by atoms with E-state index < -0.39 is 11.9 Å². The third-order valence-electron chi connectivity index (χ3n) is 2.54. The van der Waals surface area contributed by atoms with Gasteiger partial charge in [0.2, 0.25) is 0 Å². The van der Waals surface area contributed by atoms with Crippen molar-refractivity contribution in [3.63, 3.8) is 0 Å². The summed E-state index contributed by atoms with van der Waals surface area (Å²) in [5.74, 6) is 0. The van der Waals surface area contributed by atoms with Gasteiger partial charge in [-0.15, -0.1) is 0 Å². The number of hydrogen-bond acceptors (Lipinski definition) is 3. The molecule has 1 aliphatic heterocycles. The first-order valence-corrected chi connectivity index (χ1v) is 5.05. The zero-order chi connectivity index (χ0) is 11.8. The summed E-state index contributed by atoms with van der Waals surface area (Å²) in [6.07, 6.45) is -2.96. The van der Waals surface area contributed by atoms with Gasteiger partial charge in [-0.1, -0.05) is 0 Å². The maximum Gasteiger partial charge on any atom is 0.437 e. The Bertz CT molecular complexity index is 365. The van der Waals surface area contributed by atoms with Crippen LogP contribution >= 0.6 is 0 Å². The van der Waals surface area contributed by atoms with E-state index in [2.05, 4.69) is 10.4 Å². The average Bonchev–Trinajstić information content (AvgIpc) is 2.61. The van der Waals surface area contributed by atoms with E-state index in [9.17, 15) is 13.2 Å². The highest BCUT2D eigenvalue weighted by Crippen LogP contribution is 2.35. The molecule has 1 saturated heterocycles. The smallest absolute Gasteiger partial charge is 0.366 e. The zero-order valence-corrected chi connectivity index (χ0v) is 8.88. The average molecular weight is 234 g/mol. The molecule has 0 aromatic carbocycles. The maximum absolute atomic E-state index is 12.7. The van der Waals surface area contributed by atoms with E-state index in [1.165, 1.54) is 17.9 Å². The molecule has 4 nitrogen and oxygen atoms in total. The number of nitrogens with zero attached hydrogens (tertiary/aromatic N) is 3. The van der Waals surface area contributed by atoms with Crippen LogP contribution in [0.5, 0.6) is 0 Å². The van der Waals surface area contributed by atoms with Gasteiger partial charge in [-0.3, -0.25) is 4.68 Å². The molecular formula is C9H13F3N4. The Morgan fingerprint density at radius 3 is 2.50 bits per heavy atom. The molecule has 0 spiro atoms. The second-order valence-electron chi connectivity index (χ2n) is 3.77. The summed E-state index contributed by atoms with van der Waals surface area (Å²) < 4.78 is 39.3. The van der Waals surface area contributed by atoms with Crippen LogP contribution in [0.15, 0.2) is 6.20 Å².